The van der Waals surface area contributed by atoms with E-state index in [0.29, 0.717) is 15.5 Å². The summed E-state index contributed by atoms with van der Waals surface area (Å²) in [5.74, 6) is 0.322. The van der Waals surface area contributed by atoms with Crippen LogP contribution in [0.2, 0.25) is 0 Å². The van der Waals surface area contributed by atoms with E-state index in [4.69, 9.17) is 30.2 Å². The lowest BCUT2D eigenvalue weighted by Gasteiger charge is -1.95. The van der Waals surface area contributed by atoms with Crippen molar-refractivity contribution in [2.24, 2.45) is 0 Å². The maximum absolute atomic E-state index is 10.8. The van der Waals surface area contributed by atoms with Crippen LogP contribution < -0.4 is 16.9 Å². The zero-order valence-electron chi connectivity index (χ0n) is 16.3. The van der Waals surface area contributed by atoms with E-state index in [-0.39, 0.29) is 11.1 Å². The maximum Gasteiger partial charge on any atom is 0.251 e. The molecule has 0 saturated carbocycles. The Labute approximate surface area is 177 Å². The highest BCUT2D eigenvalue weighted by molar-refractivity contribution is 7.71. The van der Waals surface area contributed by atoms with E-state index in [1.54, 1.807) is 30.6 Å². The number of aromatic amines is 4. The number of anilines is 1. The van der Waals surface area contributed by atoms with Crippen LogP contribution in [0.3, 0.4) is 0 Å². The number of nitrogens with one attached hydrogen (secondary N) is 4. The van der Waals surface area contributed by atoms with Gasteiger partial charge in [0.2, 0.25) is 5.95 Å². The Balaban J connectivity index is 0.000000223. The summed E-state index contributed by atoms with van der Waals surface area (Å²) >= 11 is 9.58. The topological polar surface area (TPSA) is 149 Å². The fourth-order valence-electron chi connectivity index (χ4n) is 2.16. The van der Waals surface area contributed by atoms with Crippen molar-refractivity contribution in [3.8, 4) is 0 Å². The summed E-state index contributed by atoms with van der Waals surface area (Å²) in [5.41, 5.74) is 6.69. The van der Waals surface area contributed by atoms with Crippen molar-refractivity contribution in [2.45, 2.75) is 39.5 Å². The Morgan fingerprint density at radius 1 is 0.828 bits per heavy atom. The molecular formula is C18H25N7O2S2. The summed E-state index contributed by atoms with van der Waals surface area (Å²) in [4.78, 5) is 39.7. The fourth-order valence-corrected chi connectivity index (χ4v) is 2.62. The van der Waals surface area contributed by atoms with E-state index in [2.05, 4.69) is 43.8 Å². The van der Waals surface area contributed by atoms with E-state index < -0.39 is 0 Å². The van der Waals surface area contributed by atoms with Crippen LogP contribution in [-0.4, -0.2) is 29.9 Å². The molecule has 3 rings (SSSR count). The molecule has 9 nitrogen and oxygen atoms in total. The van der Waals surface area contributed by atoms with Crippen LogP contribution in [0.15, 0.2) is 40.2 Å². The molecule has 3 heterocycles. The second-order valence-corrected chi connectivity index (χ2v) is 6.65. The van der Waals surface area contributed by atoms with Gasteiger partial charge < -0.3 is 15.7 Å². The molecular weight excluding hydrogens is 410 g/mol. The minimum atomic E-state index is -0.128. The molecule has 0 amide bonds. The van der Waals surface area contributed by atoms with Gasteiger partial charge in [0.1, 0.15) is 0 Å². The lowest BCUT2D eigenvalue weighted by atomic mass is 10.2. The number of hydrogen-bond acceptors (Lipinski definition) is 7. The maximum atomic E-state index is 10.8. The van der Waals surface area contributed by atoms with E-state index >= 15 is 0 Å². The van der Waals surface area contributed by atoms with Gasteiger partial charge in [-0.1, -0.05) is 26.7 Å². The molecule has 6 N–H and O–H groups in total. The molecule has 11 heteroatoms. The van der Waals surface area contributed by atoms with E-state index in [1.165, 1.54) is 0 Å². The van der Waals surface area contributed by atoms with Crippen molar-refractivity contribution in [2.75, 3.05) is 5.73 Å². The summed E-state index contributed by atoms with van der Waals surface area (Å²) in [6.07, 6.45) is 6.95. The number of H-pyrrole nitrogens is 4. The Kier molecular flexibility index (Phi) is 11.1. The molecule has 29 heavy (non-hydrogen) atoms. The van der Waals surface area contributed by atoms with Gasteiger partial charge in [0.15, 0.2) is 9.54 Å². The lowest BCUT2D eigenvalue weighted by molar-refractivity contribution is 0.860. The zero-order valence-corrected chi connectivity index (χ0v) is 18.0. The van der Waals surface area contributed by atoms with Crippen molar-refractivity contribution in [3.05, 3.63) is 72.2 Å². The van der Waals surface area contributed by atoms with Gasteiger partial charge in [0, 0.05) is 35.9 Å². The van der Waals surface area contributed by atoms with Gasteiger partial charge in [-0.2, -0.15) is 0 Å². The van der Waals surface area contributed by atoms with Crippen molar-refractivity contribution in [1.29, 1.82) is 0 Å². The number of hydrogen-bond donors (Lipinski definition) is 5. The average molecular weight is 436 g/mol. The van der Waals surface area contributed by atoms with Gasteiger partial charge in [-0.3, -0.25) is 19.6 Å². The Morgan fingerprint density at radius 3 is 1.52 bits per heavy atom. The number of nitrogens with two attached hydrogens (primary N) is 1. The van der Waals surface area contributed by atoms with Crippen LogP contribution in [0.5, 0.6) is 0 Å². The van der Waals surface area contributed by atoms with Crippen molar-refractivity contribution in [1.82, 2.24) is 29.9 Å². The Hall–Kier alpha value is -2.92. The lowest BCUT2D eigenvalue weighted by Crippen LogP contribution is -2.08. The zero-order chi connectivity index (χ0) is 21.6. The van der Waals surface area contributed by atoms with Gasteiger partial charge in [0.25, 0.3) is 11.1 Å². The first-order chi connectivity index (χ1) is 13.8. The molecule has 3 aromatic rings. The molecule has 0 radical (unpaired) electrons. The molecule has 0 aromatic carbocycles. The highest BCUT2D eigenvalue weighted by Crippen LogP contribution is 1.94. The first-order valence-corrected chi connectivity index (χ1v) is 9.83. The molecule has 0 fully saturated rings. The molecule has 0 aliphatic rings. The first kappa shape index (κ1) is 24.1. The quantitative estimate of drug-likeness (QED) is 0.396. The average Bonchev–Trinajstić information content (AvgIpc) is 2.62. The number of nitrogen functional groups attached to an aromatic ring is 1. The first-order valence-electron chi connectivity index (χ1n) is 9.01. The van der Waals surface area contributed by atoms with Crippen LogP contribution in [0.1, 0.15) is 38.1 Å². The molecule has 0 unspecified atom stereocenters. The highest BCUT2D eigenvalue weighted by Gasteiger charge is 1.92. The van der Waals surface area contributed by atoms with Crippen molar-refractivity contribution >= 4 is 30.4 Å². The van der Waals surface area contributed by atoms with Crippen LogP contribution in [0.4, 0.5) is 5.95 Å². The monoisotopic (exact) mass is 435 g/mol. The third kappa shape index (κ3) is 10.9. The van der Waals surface area contributed by atoms with E-state index in [1.807, 2.05) is 0 Å². The number of aryl methyl sites for hydroxylation is 2. The molecule has 0 bridgehead atoms. The standard InChI is InChI=1S/2C7H10N2OS.C4H5N3/c2*1-2-3-5-4-6(10)9-7(11)8-5;5-4-6-2-1-3-7-4/h2*4H,2-3H2,1H3,(H2,8,9,10,11);1-3H,(H2,5,6,7). The van der Waals surface area contributed by atoms with Gasteiger partial charge >= 0.3 is 0 Å². The smallest absolute Gasteiger partial charge is 0.251 e. The van der Waals surface area contributed by atoms with Crippen molar-refractivity contribution < 1.29 is 0 Å². The number of rotatable bonds is 4. The predicted molar refractivity (Wildman–Crippen MR) is 119 cm³/mol. The summed E-state index contributed by atoms with van der Waals surface area (Å²) in [6.45, 7) is 4.11. The minimum absolute atomic E-state index is 0.128. The molecule has 0 aliphatic heterocycles. The van der Waals surface area contributed by atoms with Gasteiger partial charge in [-0.05, 0) is 43.3 Å². The van der Waals surface area contributed by atoms with Gasteiger partial charge in [-0.25, -0.2) is 9.97 Å². The van der Waals surface area contributed by atoms with Crippen molar-refractivity contribution in [3.63, 3.8) is 0 Å². The third-order valence-electron chi connectivity index (χ3n) is 3.26. The normalized spacial score (nSPS) is 9.59. The summed E-state index contributed by atoms with van der Waals surface area (Å²) in [6, 6.07) is 4.80. The second kappa shape index (κ2) is 13.3. The van der Waals surface area contributed by atoms with Crippen LogP contribution in [0, 0.1) is 9.54 Å². The SMILES string of the molecule is CCCc1cc(=O)[nH]c(=S)[nH]1.CCCc1cc(=O)[nH]c(=S)[nH]1.Nc1ncccn1. The summed E-state index contributed by atoms with van der Waals surface area (Å²) < 4.78 is 0.807. The largest absolute Gasteiger partial charge is 0.368 e. The molecule has 0 aliphatic carbocycles. The molecule has 0 saturated heterocycles. The molecule has 0 spiro atoms. The van der Waals surface area contributed by atoms with Gasteiger partial charge in [-0.15, -0.1) is 0 Å². The molecule has 3 aromatic heterocycles. The molecule has 156 valence electrons. The number of nitrogens with zero attached hydrogens (tertiary/aromatic N) is 2. The van der Waals surface area contributed by atoms with Gasteiger partial charge in [0.05, 0.1) is 0 Å². The highest BCUT2D eigenvalue weighted by atomic mass is 32.1. The Morgan fingerprint density at radius 2 is 1.24 bits per heavy atom. The number of aromatic nitrogens is 6. The second-order valence-electron chi connectivity index (χ2n) is 5.83. The van der Waals surface area contributed by atoms with Crippen LogP contribution >= 0.6 is 24.4 Å². The van der Waals surface area contributed by atoms with E-state index in [0.717, 1.165) is 37.1 Å². The minimum Gasteiger partial charge on any atom is -0.368 e. The molecule has 0 atom stereocenters. The van der Waals surface area contributed by atoms with Crippen LogP contribution in [0.25, 0.3) is 0 Å². The summed E-state index contributed by atoms with van der Waals surface area (Å²) in [5, 5.41) is 0. The van der Waals surface area contributed by atoms with E-state index in [9.17, 15) is 9.59 Å². The Bertz CT molecular complexity index is 962. The fraction of sp³-hybridized carbons (Fsp3) is 0.333. The third-order valence-corrected chi connectivity index (χ3v) is 3.66. The van der Waals surface area contributed by atoms with Crippen LogP contribution in [-0.2, 0) is 12.8 Å². The summed E-state index contributed by atoms with van der Waals surface area (Å²) in [7, 11) is 0. The predicted octanol–water partition coefficient (Wildman–Crippen LogP) is 2.83.